The second kappa shape index (κ2) is 7.43. The molecule has 0 aliphatic carbocycles. The zero-order chi connectivity index (χ0) is 19.7. The van der Waals surface area contributed by atoms with E-state index in [9.17, 15) is 12.8 Å². The Morgan fingerprint density at radius 2 is 1.96 bits per heavy atom. The molecule has 3 heterocycles. The van der Waals surface area contributed by atoms with Crippen LogP contribution in [0.25, 0.3) is 10.2 Å². The molecule has 4 rings (SSSR count). The van der Waals surface area contributed by atoms with Crippen LogP contribution in [0.4, 0.5) is 10.2 Å². The van der Waals surface area contributed by atoms with Crippen molar-refractivity contribution in [3.63, 3.8) is 0 Å². The van der Waals surface area contributed by atoms with Crippen LogP contribution in [0.15, 0.2) is 36.0 Å². The highest BCUT2D eigenvalue weighted by atomic mass is 32.2. The molecule has 3 aromatic rings. The van der Waals surface area contributed by atoms with E-state index in [-0.39, 0.29) is 11.3 Å². The van der Waals surface area contributed by atoms with Gasteiger partial charge in [-0.05, 0) is 29.1 Å². The summed E-state index contributed by atoms with van der Waals surface area (Å²) in [5.74, 6) is -0.0582. The molecule has 0 atom stereocenters. The van der Waals surface area contributed by atoms with Crippen molar-refractivity contribution in [3.8, 4) is 6.07 Å². The smallest absolute Gasteiger partial charge is 0.218 e. The number of halogens is 1. The van der Waals surface area contributed by atoms with Gasteiger partial charge >= 0.3 is 0 Å². The normalized spacial score (nSPS) is 15.6. The topological polar surface area (TPSA) is 90.2 Å². The third-order valence-corrected chi connectivity index (χ3v) is 7.41. The van der Waals surface area contributed by atoms with Crippen molar-refractivity contribution in [2.45, 2.75) is 5.75 Å². The van der Waals surface area contributed by atoms with Crippen LogP contribution in [0.5, 0.6) is 0 Å². The van der Waals surface area contributed by atoms with Crippen LogP contribution in [0.1, 0.15) is 11.1 Å². The monoisotopic (exact) mass is 417 g/mol. The lowest BCUT2D eigenvalue weighted by Crippen LogP contribution is -2.49. The molecule has 0 amide bonds. The fraction of sp³-hybridized carbons (Fsp3) is 0.278. The van der Waals surface area contributed by atoms with Gasteiger partial charge in [0.2, 0.25) is 10.0 Å². The Balaban J connectivity index is 1.49. The summed E-state index contributed by atoms with van der Waals surface area (Å²) < 4.78 is 41.3. The Labute approximate surface area is 165 Å². The number of piperazine rings is 1. The molecule has 1 aliphatic heterocycles. The number of sulfonamides is 1. The van der Waals surface area contributed by atoms with Gasteiger partial charge in [-0.25, -0.2) is 22.8 Å². The van der Waals surface area contributed by atoms with Crippen LogP contribution in [-0.2, 0) is 15.8 Å². The Morgan fingerprint density at radius 1 is 1.18 bits per heavy atom. The van der Waals surface area contributed by atoms with Crippen LogP contribution < -0.4 is 4.90 Å². The molecule has 10 heteroatoms. The number of hydrogen-bond acceptors (Lipinski definition) is 7. The average molecular weight is 417 g/mol. The first-order chi connectivity index (χ1) is 13.5. The Kier molecular flexibility index (Phi) is 4.97. The van der Waals surface area contributed by atoms with Crippen molar-refractivity contribution in [1.82, 2.24) is 14.3 Å². The van der Waals surface area contributed by atoms with Crippen molar-refractivity contribution < 1.29 is 12.8 Å². The molecule has 0 saturated carbocycles. The van der Waals surface area contributed by atoms with E-state index in [0.717, 1.165) is 22.1 Å². The molecule has 2 aromatic heterocycles. The molecule has 1 aromatic carbocycles. The Bertz CT molecular complexity index is 1160. The second-order valence-electron chi connectivity index (χ2n) is 6.39. The SMILES string of the molecule is N#Cc1cc(F)ccc1CS(=O)(=O)N1CCN(c2ncnc3ccsc23)CC1. The summed E-state index contributed by atoms with van der Waals surface area (Å²) in [5, 5.41) is 11.1. The highest BCUT2D eigenvalue weighted by Gasteiger charge is 2.29. The van der Waals surface area contributed by atoms with Gasteiger partial charge in [0, 0.05) is 26.2 Å². The molecular formula is C18H16FN5O2S2. The summed E-state index contributed by atoms with van der Waals surface area (Å²) in [5.41, 5.74) is 1.23. The molecule has 0 N–H and O–H groups in total. The van der Waals surface area contributed by atoms with Crippen LogP contribution in [0, 0.1) is 17.1 Å². The van der Waals surface area contributed by atoms with E-state index in [1.807, 2.05) is 17.5 Å². The highest BCUT2D eigenvalue weighted by molar-refractivity contribution is 7.88. The lowest BCUT2D eigenvalue weighted by atomic mass is 10.1. The van der Waals surface area contributed by atoms with Crippen LogP contribution in [0.3, 0.4) is 0 Å². The summed E-state index contributed by atoms with van der Waals surface area (Å²) >= 11 is 1.56. The lowest BCUT2D eigenvalue weighted by molar-refractivity contribution is 0.383. The quantitative estimate of drug-likeness (QED) is 0.647. The molecule has 1 saturated heterocycles. The Morgan fingerprint density at radius 3 is 2.71 bits per heavy atom. The minimum atomic E-state index is -3.62. The summed E-state index contributed by atoms with van der Waals surface area (Å²) in [7, 11) is -3.62. The van der Waals surface area contributed by atoms with Crippen molar-refractivity contribution in [1.29, 1.82) is 5.26 Å². The second-order valence-corrected chi connectivity index (χ2v) is 9.27. The molecule has 1 aliphatic rings. The van der Waals surface area contributed by atoms with E-state index in [1.54, 1.807) is 11.3 Å². The first-order valence-electron chi connectivity index (χ1n) is 8.57. The third-order valence-electron chi connectivity index (χ3n) is 4.69. The fourth-order valence-corrected chi connectivity index (χ4v) is 5.65. The number of rotatable bonds is 4. The van der Waals surface area contributed by atoms with Crippen molar-refractivity contribution in [2.75, 3.05) is 31.1 Å². The number of anilines is 1. The third kappa shape index (κ3) is 3.56. The number of nitriles is 1. The van der Waals surface area contributed by atoms with Gasteiger partial charge in [0.05, 0.1) is 27.6 Å². The van der Waals surface area contributed by atoms with Gasteiger partial charge in [-0.3, -0.25) is 0 Å². The zero-order valence-corrected chi connectivity index (χ0v) is 16.4. The van der Waals surface area contributed by atoms with Gasteiger partial charge in [-0.2, -0.15) is 9.57 Å². The van der Waals surface area contributed by atoms with Gasteiger partial charge in [0.15, 0.2) is 0 Å². The lowest BCUT2D eigenvalue weighted by Gasteiger charge is -2.34. The minimum absolute atomic E-state index is 0.0447. The minimum Gasteiger partial charge on any atom is -0.353 e. The number of benzene rings is 1. The van der Waals surface area contributed by atoms with Crippen molar-refractivity contribution in [3.05, 3.63) is 52.9 Å². The standard InChI is InChI=1S/C18H16FN5O2S2/c19-15-2-1-13(14(9-15)10-20)11-28(25,26)24-6-4-23(5-7-24)18-17-16(3-8-27-17)21-12-22-18/h1-3,8-9,12H,4-7,11H2. The molecule has 28 heavy (non-hydrogen) atoms. The zero-order valence-electron chi connectivity index (χ0n) is 14.7. The fourth-order valence-electron chi connectivity index (χ4n) is 3.25. The summed E-state index contributed by atoms with van der Waals surface area (Å²) in [6.45, 7) is 1.67. The number of hydrogen-bond donors (Lipinski definition) is 0. The van der Waals surface area contributed by atoms with Gasteiger partial charge in [-0.1, -0.05) is 6.07 Å². The number of fused-ring (bicyclic) bond motifs is 1. The van der Waals surface area contributed by atoms with E-state index >= 15 is 0 Å². The maximum Gasteiger partial charge on any atom is 0.218 e. The molecular weight excluding hydrogens is 401 g/mol. The maximum absolute atomic E-state index is 13.3. The number of thiophene rings is 1. The van der Waals surface area contributed by atoms with E-state index in [1.165, 1.54) is 22.8 Å². The predicted molar refractivity (Wildman–Crippen MR) is 105 cm³/mol. The average Bonchev–Trinajstić information content (AvgIpc) is 3.18. The van der Waals surface area contributed by atoms with Gasteiger partial charge < -0.3 is 4.90 Å². The molecule has 0 bridgehead atoms. The molecule has 1 fully saturated rings. The molecule has 0 unspecified atom stereocenters. The molecule has 0 spiro atoms. The van der Waals surface area contributed by atoms with Crippen LogP contribution in [0.2, 0.25) is 0 Å². The first kappa shape index (κ1) is 18.7. The molecule has 0 radical (unpaired) electrons. The number of aromatic nitrogens is 2. The Hall–Kier alpha value is -2.61. The molecule has 144 valence electrons. The summed E-state index contributed by atoms with van der Waals surface area (Å²) in [4.78, 5) is 10.7. The van der Waals surface area contributed by atoms with Gasteiger partial charge in [-0.15, -0.1) is 11.3 Å². The highest BCUT2D eigenvalue weighted by Crippen LogP contribution is 2.29. The number of nitrogens with zero attached hydrogens (tertiary/aromatic N) is 5. The summed E-state index contributed by atoms with van der Waals surface area (Å²) in [6, 6.07) is 7.38. The maximum atomic E-state index is 13.3. The van der Waals surface area contributed by atoms with Gasteiger partial charge in [0.1, 0.15) is 18.0 Å². The van der Waals surface area contributed by atoms with Crippen LogP contribution >= 0.6 is 11.3 Å². The van der Waals surface area contributed by atoms with Crippen molar-refractivity contribution in [2.24, 2.45) is 0 Å². The predicted octanol–water partition coefficient (Wildman–Crippen LogP) is 2.35. The largest absolute Gasteiger partial charge is 0.353 e. The van der Waals surface area contributed by atoms with Crippen molar-refractivity contribution >= 4 is 37.4 Å². The van der Waals surface area contributed by atoms with E-state index in [2.05, 4.69) is 14.9 Å². The summed E-state index contributed by atoms with van der Waals surface area (Å²) in [6.07, 6.45) is 1.52. The first-order valence-corrected chi connectivity index (χ1v) is 11.1. The molecule has 7 nitrogen and oxygen atoms in total. The van der Waals surface area contributed by atoms with Gasteiger partial charge in [0.25, 0.3) is 0 Å². The van der Waals surface area contributed by atoms with Crippen LogP contribution in [-0.4, -0.2) is 48.9 Å². The van der Waals surface area contributed by atoms with E-state index in [4.69, 9.17) is 5.26 Å². The van der Waals surface area contributed by atoms with E-state index < -0.39 is 15.8 Å². The van der Waals surface area contributed by atoms with E-state index in [0.29, 0.717) is 31.7 Å².